The normalized spacial score (nSPS) is 17.1. The third kappa shape index (κ3) is 2.05. The van der Waals surface area contributed by atoms with Crippen molar-refractivity contribution in [3.63, 3.8) is 0 Å². The summed E-state index contributed by atoms with van der Waals surface area (Å²) in [5.74, 6) is 0. The van der Waals surface area contributed by atoms with Crippen molar-refractivity contribution in [2.75, 3.05) is 5.73 Å². The molecule has 0 spiro atoms. The maximum absolute atomic E-state index is 12.0. The molecule has 0 saturated heterocycles. The van der Waals surface area contributed by atoms with E-state index in [0.29, 0.717) is 16.1 Å². The molecule has 88 valence electrons. The van der Waals surface area contributed by atoms with E-state index in [-0.39, 0.29) is 6.04 Å². The van der Waals surface area contributed by atoms with Gasteiger partial charge in [0.15, 0.2) is 0 Å². The SMILES string of the molecule is Cc1c(N)cccc1S(=O)(=O)NC1CCC1. The Bertz CT molecular complexity index is 493. The molecule has 0 amide bonds. The smallest absolute Gasteiger partial charge is 0.241 e. The molecule has 16 heavy (non-hydrogen) atoms. The number of nitrogens with one attached hydrogen (secondary N) is 1. The number of nitrogen functional groups attached to an aromatic ring is 1. The third-order valence-electron chi connectivity index (χ3n) is 3.04. The van der Waals surface area contributed by atoms with Gasteiger partial charge in [0.2, 0.25) is 10.0 Å². The fourth-order valence-electron chi connectivity index (χ4n) is 1.73. The topological polar surface area (TPSA) is 72.2 Å². The highest BCUT2D eigenvalue weighted by atomic mass is 32.2. The molecule has 1 aromatic rings. The van der Waals surface area contributed by atoms with Gasteiger partial charge >= 0.3 is 0 Å². The molecule has 1 aliphatic rings. The molecule has 4 nitrogen and oxygen atoms in total. The van der Waals surface area contributed by atoms with Gasteiger partial charge in [-0.2, -0.15) is 0 Å². The minimum atomic E-state index is -3.40. The minimum absolute atomic E-state index is 0.103. The van der Waals surface area contributed by atoms with Crippen molar-refractivity contribution in [1.29, 1.82) is 0 Å². The Hall–Kier alpha value is -1.07. The van der Waals surface area contributed by atoms with Gasteiger partial charge in [-0.3, -0.25) is 0 Å². The first kappa shape index (κ1) is 11.4. The van der Waals surface area contributed by atoms with E-state index in [1.807, 2.05) is 0 Å². The van der Waals surface area contributed by atoms with Crippen LogP contribution >= 0.6 is 0 Å². The van der Waals surface area contributed by atoms with E-state index in [4.69, 9.17) is 5.73 Å². The molecule has 0 radical (unpaired) electrons. The summed E-state index contributed by atoms with van der Waals surface area (Å²) in [5, 5.41) is 0. The van der Waals surface area contributed by atoms with Crippen molar-refractivity contribution in [2.24, 2.45) is 0 Å². The second kappa shape index (κ2) is 4.07. The number of hydrogen-bond donors (Lipinski definition) is 2. The molecule has 3 N–H and O–H groups in total. The Labute approximate surface area is 95.9 Å². The molecule has 0 unspecified atom stereocenters. The summed E-state index contributed by atoms with van der Waals surface area (Å²) in [6.45, 7) is 1.73. The standard InChI is InChI=1S/C11H16N2O2S/c1-8-10(12)6-3-7-11(8)16(14,15)13-9-4-2-5-9/h3,6-7,9,13H,2,4-5,12H2,1H3. The lowest BCUT2D eigenvalue weighted by atomic mass is 9.94. The van der Waals surface area contributed by atoms with Crippen LogP contribution in [-0.2, 0) is 10.0 Å². The van der Waals surface area contributed by atoms with Crippen LogP contribution in [0.4, 0.5) is 5.69 Å². The van der Waals surface area contributed by atoms with Crippen molar-refractivity contribution in [1.82, 2.24) is 4.72 Å². The summed E-state index contributed by atoms with van der Waals surface area (Å²) in [5.41, 5.74) is 6.83. The lowest BCUT2D eigenvalue weighted by molar-refractivity contribution is 0.383. The van der Waals surface area contributed by atoms with E-state index in [1.54, 1.807) is 25.1 Å². The van der Waals surface area contributed by atoms with Gasteiger partial charge in [0.25, 0.3) is 0 Å². The minimum Gasteiger partial charge on any atom is -0.398 e. The average Bonchev–Trinajstić information content (AvgIpc) is 2.16. The molecule has 5 heteroatoms. The molecule has 0 heterocycles. The summed E-state index contributed by atoms with van der Waals surface area (Å²) < 4.78 is 26.8. The van der Waals surface area contributed by atoms with Gasteiger partial charge in [-0.05, 0) is 37.5 Å². The predicted octanol–water partition coefficient (Wildman–Crippen LogP) is 1.41. The molecule has 2 rings (SSSR count). The van der Waals surface area contributed by atoms with Crippen LogP contribution in [0.5, 0.6) is 0 Å². The first-order valence-corrected chi connectivity index (χ1v) is 6.86. The molecular weight excluding hydrogens is 224 g/mol. The molecule has 1 aromatic carbocycles. The van der Waals surface area contributed by atoms with Crippen molar-refractivity contribution in [3.8, 4) is 0 Å². The van der Waals surface area contributed by atoms with Crippen molar-refractivity contribution < 1.29 is 8.42 Å². The van der Waals surface area contributed by atoms with Gasteiger partial charge in [0.1, 0.15) is 0 Å². The highest BCUT2D eigenvalue weighted by Crippen LogP contribution is 2.24. The molecule has 0 aliphatic heterocycles. The molecular formula is C11H16N2O2S. The van der Waals surface area contributed by atoms with Gasteiger partial charge in [-0.1, -0.05) is 12.5 Å². The van der Waals surface area contributed by atoms with Crippen LogP contribution in [-0.4, -0.2) is 14.5 Å². The fraction of sp³-hybridized carbons (Fsp3) is 0.455. The number of nitrogens with two attached hydrogens (primary N) is 1. The Morgan fingerprint density at radius 3 is 2.62 bits per heavy atom. The van der Waals surface area contributed by atoms with E-state index >= 15 is 0 Å². The van der Waals surface area contributed by atoms with E-state index in [0.717, 1.165) is 19.3 Å². The van der Waals surface area contributed by atoms with Crippen LogP contribution in [0.3, 0.4) is 0 Å². The van der Waals surface area contributed by atoms with Gasteiger partial charge in [-0.25, -0.2) is 13.1 Å². The van der Waals surface area contributed by atoms with Crippen molar-refractivity contribution >= 4 is 15.7 Å². The highest BCUT2D eigenvalue weighted by Gasteiger charge is 2.25. The second-order valence-corrected chi connectivity index (χ2v) is 5.90. The highest BCUT2D eigenvalue weighted by molar-refractivity contribution is 7.89. The van der Waals surface area contributed by atoms with E-state index in [2.05, 4.69) is 4.72 Å². The zero-order valence-electron chi connectivity index (χ0n) is 9.23. The molecule has 1 saturated carbocycles. The Balaban J connectivity index is 2.31. The van der Waals surface area contributed by atoms with E-state index < -0.39 is 10.0 Å². The van der Waals surface area contributed by atoms with E-state index in [9.17, 15) is 8.42 Å². The molecule has 0 aromatic heterocycles. The number of hydrogen-bond acceptors (Lipinski definition) is 3. The third-order valence-corrected chi connectivity index (χ3v) is 4.71. The monoisotopic (exact) mass is 240 g/mol. The van der Waals surface area contributed by atoms with Crippen LogP contribution in [0, 0.1) is 6.92 Å². The first-order valence-electron chi connectivity index (χ1n) is 5.38. The van der Waals surface area contributed by atoms with Crippen LogP contribution in [0.15, 0.2) is 23.1 Å². The lowest BCUT2D eigenvalue weighted by Crippen LogP contribution is -2.39. The van der Waals surface area contributed by atoms with Gasteiger partial charge in [-0.15, -0.1) is 0 Å². The zero-order valence-corrected chi connectivity index (χ0v) is 10.0. The summed E-state index contributed by atoms with van der Waals surface area (Å²) in [6.07, 6.45) is 2.96. The summed E-state index contributed by atoms with van der Waals surface area (Å²) in [7, 11) is -3.40. The Morgan fingerprint density at radius 1 is 1.38 bits per heavy atom. The van der Waals surface area contributed by atoms with Crippen LogP contribution in [0.1, 0.15) is 24.8 Å². The second-order valence-electron chi connectivity index (χ2n) is 4.22. The molecule has 1 aliphatic carbocycles. The average molecular weight is 240 g/mol. The van der Waals surface area contributed by atoms with Gasteiger partial charge < -0.3 is 5.73 Å². The van der Waals surface area contributed by atoms with Gasteiger partial charge in [0.05, 0.1) is 4.90 Å². The largest absolute Gasteiger partial charge is 0.398 e. The number of anilines is 1. The van der Waals surface area contributed by atoms with Crippen LogP contribution in [0.25, 0.3) is 0 Å². The molecule has 1 fully saturated rings. The van der Waals surface area contributed by atoms with Crippen molar-refractivity contribution in [3.05, 3.63) is 23.8 Å². The number of sulfonamides is 1. The summed E-state index contributed by atoms with van der Waals surface area (Å²) >= 11 is 0. The van der Waals surface area contributed by atoms with Crippen LogP contribution < -0.4 is 10.5 Å². The summed E-state index contributed by atoms with van der Waals surface area (Å²) in [6, 6.07) is 5.06. The molecule has 0 atom stereocenters. The Kier molecular flexibility index (Phi) is 2.90. The first-order chi connectivity index (χ1) is 7.50. The van der Waals surface area contributed by atoms with Gasteiger partial charge in [0, 0.05) is 11.7 Å². The van der Waals surface area contributed by atoms with E-state index in [1.165, 1.54) is 0 Å². The Morgan fingerprint density at radius 2 is 2.06 bits per heavy atom. The number of benzene rings is 1. The maximum atomic E-state index is 12.0. The lowest BCUT2D eigenvalue weighted by Gasteiger charge is -2.26. The summed E-state index contributed by atoms with van der Waals surface area (Å²) in [4.78, 5) is 0.291. The zero-order chi connectivity index (χ0) is 11.8. The quantitative estimate of drug-likeness (QED) is 0.785. The van der Waals surface area contributed by atoms with Crippen LogP contribution in [0.2, 0.25) is 0 Å². The number of rotatable bonds is 3. The predicted molar refractivity (Wildman–Crippen MR) is 63.6 cm³/mol. The maximum Gasteiger partial charge on any atom is 0.241 e. The van der Waals surface area contributed by atoms with Crippen molar-refractivity contribution in [2.45, 2.75) is 37.1 Å². The molecule has 0 bridgehead atoms. The fourth-order valence-corrected chi connectivity index (χ4v) is 3.31.